The number of hydrogen-bond donors (Lipinski definition) is 3. The fraction of sp³-hybridized carbons (Fsp3) is 0. The number of amides is 2. The largest absolute Gasteiger partial charge is 0.333 e. The van der Waals surface area contributed by atoms with Crippen LogP contribution in [0.3, 0.4) is 0 Å². The van der Waals surface area contributed by atoms with E-state index >= 15 is 0 Å². The summed E-state index contributed by atoms with van der Waals surface area (Å²) in [5, 5.41) is 2.09. The Morgan fingerprint density at radius 2 is 2.07 bits per heavy atom. The molecule has 0 aliphatic rings. The third-order valence-corrected chi connectivity index (χ3v) is 2.00. The predicted octanol–water partition coefficient (Wildman–Crippen LogP) is 1.72. The highest BCUT2D eigenvalue weighted by atomic mass is 79.9. The van der Waals surface area contributed by atoms with Gasteiger partial charge in [-0.05, 0) is 22.0 Å². The number of nitrogens with one attached hydrogen (secondary N) is 2. The maximum Gasteiger partial charge on any atom is 0.333 e. The van der Waals surface area contributed by atoms with Gasteiger partial charge in [-0.3, -0.25) is 5.43 Å². The summed E-state index contributed by atoms with van der Waals surface area (Å²) >= 11 is 2.89. The summed E-state index contributed by atoms with van der Waals surface area (Å²) in [6.45, 7) is 0. The van der Waals surface area contributed by atoms with Gasteiger partial charge in [0.25, 0.3) is 0 Å². The molecule has 0 atom stereocenters. The molecule has 1 aromatic rings. The van der Waals surface area contributed by atoms with Gasteiger partial charge in [0.2, 0.25) is 0 Å². The lowest BCUT2D eigenvalue weighted by Crippen LogP contribution is -2.34. The van der Waals surface area contributed by atoms with Crippen LogP contribution in [-0.2, 0) is 0 Å². The van der Waals surface area contributed by atoms with Gasteiger partial charge in [-0.2, -0.15) is 0 Å². The Balaban J connectivity index is 3.02. The summed E-state index contributed by atoms with van der Waals surface area (Å²) in [6.07, 6.45) is 0. The van der Waals surface area contributed by atoms with E-state index in [2.05, 4.69) is 21.2 Å². The summed E-state index contributed by atoms with van der Waals surface area (Å²) in [5.74, 6) is 3.15. The van der Waals surface area contributed by atoms with Crippen LogP contribution in [0.25, 0.3) is 0 Å². The number of nitrogens with two attached hydrogens (primary N) is 1. The Hall–Kier alpha value is -1.21. The number of urea groups is 1. The fourth-order valence-corrected chi connectivity index (χ4v) is 1.32. The van der Waals surface area contributed by atoms with Gasteiger partial charge in [0.15, 0.2) is 5.82 Å². The van der Waals surface area contributed by atoms with Gasteiger partial charge in [0, 0.05) is 10.5 Å². The highest BCUT2D eigenvalue weighted by Crippen LogP contribution is 2.26. The molecule has 0 bridgehead atoms. The SMILES string of the molecule is NNC(=O)Nc1c(F)cc(F)cc1Br. The van der Waals surface area contributed by atoms with Crippen LogP contribution in [0.15, 0.2) is 16.6 Å². The van der Waals surface area contributed by atoms with E-state index in [1.165, 1.54) is 0 Å². The lowest BCUT2D eigenvalue weighted by Gasteiger charge is -2.07. The normalized spacial score (nSPS) is 9.71. The van der Waals surface area contributed by atoms with Crippen LogP contribution >= 0.6 is 15.9 Å². The van der Waals surface area contributed by atoms with Crippen LogP contribution in [0, 0.1) is 11.6 Å². The molecule has 0 radical (unpaired) electrons. The molecular formula is C7H6BrF2N3O. The second-order valence-corrected chi connectivity index (χ2v) is 3.20. The minimum atomic E-state index is -0.888. The molecule has 0 aliphatic carbocycles. The number of benzene rings is 1. The number of carbonyl (C=O) groups is 1. The van der Waals surface area contributed by atoms with Crippen molar-refractivity contribution in [2.45, 2.75) is 0 Å². The molecule has 0 spiro atoms. The number of carbonyl (C=O) groups excluding carboxylic acids is 1. The van der Waals surface area contributed by atoms with Crippen LogP contribution in [0.5, 0.6) is 0 Å². The molecule has 0 heterocycles. The van der Waals surface area contributed by atoms with E-state index in [-0.39, 0.29) is 10.2 Å². The topological polar surface area (TPSA) is 67.1 Å². The maximum absolute atomic E-state index is 13.1. The van der Waals surface area contributed by atoms with Crippen molar-refractivity contribution in [3.05, 3.63) is 28.2 Å². The first-order valence-corrected chi connectivity index (χ1v) is 4.26. The number of hydrazine groups is 1. The van der Waals surface area contributed by atoms with Crippen LogP contribution in [0.4, 0.5) is 19.3 Å². The second-order valence-electron chi connectivity index (χ2n) is 2.34. The number of anilines is 1. The van der Waals surface area contributed by atoms with Crippen LogP contribution in [0.2, 0.25) is 0 Å². The van der Waals surface area contributed by atoms with Gasteiger partial charge >= 0.3 is 6.03 Å². The average Bonchev–Trinajstić information content (AvgIpc) is 2.10. The fourth-order valence-electron chi connectivity index (χ4n) is 0.811. The minimum absolute atomic E-state index is 0.0959. The van der Waals surface area contributed by atoms with Crippen molar-refractivity contribution in [2.24, 2.45) is 5.84 Å². The van der Waals surface area contributed by atoms with Crippen molar-refractivity contribution < 1.29 is 13.6 Å². The van der Waals surface area contributed by atoms with Crippen LogP contribution in [-0.4, -0.2) is 6.03 Å². The third kappa shape index (κ3) is 2.39. The molecule has 0 aliphatic heterocycles. The summed E-state index contributed by atoms with van der Waals surface area (Å²) in [6, 6.07) is 0.878. The van der Waals surface area contributed by atoms with Gasteiger partial charge in [0.1, 0.15) is 5.82 Å². The summed E-state index contributed by atoms with van der Waals surface area (Å²) in [4.78, 5) is 10.7. The highest BCUT2D eigenvalue weighted by molar-refractivity contribution is 9.10. The number of rotatable bonds is 1. The Labute approximate surface area is 86.6 Å². The molecule has 14 heavy (non-hydrogen) atoms. The van der Waals surface area contributed by atoms with Gasteiger partial charge in [0.05, 0.1) is 5.69 Å². The van der Waals surface area contributed by atoms with Crippen LogP contribution in [0.1, 0.15) is 0 Å². The zero-order chi connectivity index (χ0) is 10.7. The zero-order valence-corrected chi connectivity index (χ0v) is 8.36. The molecule has 0 aromatic heterocycles. The minimum Gasteiger partial charge on any atom is -0.303 e. The molecule has 4 N–H and O–H groups in total. The number of hydrogen-bond acceptors (Lipinski definition) is 2. The monoisotopic (exact) mass is 265 g/mol. The first-order chi connectivity index (χ1) is 6.54. The summed E-state index contributed by atoms with van der Waals surface area (Å²) in [7, 11) is 0. The summed E-state index contributed by atoms with van der Waals surface area (Å²) in [5.41, 5.74) is 1.58. The molecule has 0 saturated heterocycles. The molecule has 0 unspecified atom stereocenters. The van der Waals surface area contributed by atoms with Crippen molar-refractivity contribution in [1.29, 1.82) is 0 Å². The van der Waals surface area contributed by atoms with E-state index in [4.69, 9.17) is 5.84 Å². The first kappa shape index (κ1) is 10.9. The Kier molecular flexibility index (Phi) is 3.37. The van der Waals surface area contributed by atoms with E-state index in [0.29, 0.717) is 6.07 Å². The Bertz CT molecular complexity index is 349. The standard InChI is InChI=1S/C7H6BrF2N3O/c8-4-1-3(9)2-5(10)6(4)12-7(14)13-11/h1-2H,11H2,(H2,12,13,14). The molecular weight excluding hydrogens is 260 g/mol. The summed E-state index contributed by atoms with van der Waals surface area (Å²) < 4.78 is 25.8. The Morgan fingerprint density at radius 1 is 1.43 bits per heavy atom. The molecule has 76 valence electrons. The predicted molar refractivity (Wildman–Crippen MR) is 50.4 cm³/mol. The maximum atomic E-state index is 13.1. The van der Waals surface area contributed by atoms with Crippen LogP contribution < -0.4 is 16.6 Å². The number of halogens is 3. The molecule has 1 rings (SSSR count). The average molecular weight is 266 g/mol. The highest BCUT2D eigenvalue weighted by Gasteiger charge is 2.11. The first-order valence-electron chi connectivity index (χ1n) is 3.46. The van der Waals surface area contributed by atoms with E-state index < -0.39 is 17.7 Å². The van der Waals surface area contributed by atoms with Crippen molar-refractivity contribution in [2.75, 3.05) is 5.32 Å². The zero-order valence-electron chi connectivity index (χ0n) is 6.77. The quantitative estimate of drug-likeness (QED) is 0.411. The van der Waals surface area contributed by atoms with Gasteiger partial charge < -0.3 is 5.32 Å². The smallest absolute Gasteiger partial charge is 0.303 e. The molecule has 2 amide bonds. The van der Waals surface area contributed by atoms with Crippen molar-refractivity contribution >= 4 is 27.6 Å². The Morgan fingerprint density at radius 3 is 2.57 bits per heavy atom. The van der Waals surface area contributed by atoms with Gasteiger partial charge in [-0.15, -0.1) is 0 Å². The van der Waals surface area contributed by atoms with Crippen molar-refractivity contribution in [1.82, 2.24) is 5.43 Å². The van der Waals surface area contributed by atoms with E-state index in [1.807, 2.05) is 0 Å². The van der Waals surface area contributed by atoms with E-state index in [0.717, 1.165) is 6.07 Å². The van der Waals surface area contributed by atoms with Gasteiger partial charge in [-0.1, -0.05) is 0 Å². The lowest BCUT2D eigenvalue weighted by molar-refractivity contribution is 0.252. The van der Waals surface area contributed by atoms with Gasteiger partial charge in [-0.25, -0.2) is 19.4 Å². The molecule has 4 nitrogen and oxygen atoms in total. The molecule has 0 fully saturated rings. The third-order valence-electron chi connectivity index (χ3n) is 1.38. The van der Waals surface area contributed by atoms with E-state index in [1.54, 1.807) is 5.43 Å². The lowest BCUT2D eigenvalue weighted by atomic mass is 10.3. The van der Waals surface area contributed by atoms with E-state index in [9.17, 15) is 13.6 Å². The molecule has 1 aromatic carbocycles. The van der Waals surface area contributed by atoms with Crippen molar-refractivity contribution in [3.63, 3.8) is 0 Å². The molecule has 0 saturated carbocycles. The second kappa shape index (κ2) is 4.34. The van der Waals surface area contributed by atoms with Crippen molar-refractivity contribution in [3.8, 4) is 0 Å². The molecule has 7 heteroatoms.